The van der Waals surface area contributed by atoms with Crippen LogP contribution in [-0.2, 0) is 9.53 Å². The van der Waals surface area contributed by atoms with E-state index in [0.29, 0.717) is 17.0 Å². The summed E-state index contributed by atoms with van der Waals surface area (Å²) in [4.78, 5) is 25.2. The van der Waals surface area contributed by atoms with Gasteiger partial charge in [0.05, 0.1) is 23.9 Å². The Kier molecular flexibility index (Phi) is 6.22. The monoisotopic (exact) mass is 394 g/mol. The van der Waals surface area contributed by atoms with Gasteiger partial charge in [0.25, 0.3) is 0 Å². The number of carbonyl (C=O) groups excluding carboxylic acids is 2. The van der Waals surface area contributed by atoms with E-state index in [1.165, 1.54) is 0 Å². The van der Waals surface area contributed by atoms with E-state index < -0.39 is 12.0 Å². The van der Waals surface area contributed by atoms with E-state index >= 15 is 0 Å². The van der Waals surface area contributed by atoms with Crippen molar-refractivity contribution >= 4 is 12.0 Å². The molecule has 0 aliphatic carbocycles. The first-order chi connectivity index (χ1) is 13.9. The SMILES string of the molecule is CCOC(=O)C1=C(COc2ccc(C)cc2)NC(=O)N[C@H]1c1cc(C)ccc1C. The Labute approximate surface area is 170 Å². The molecule has 3 rings (SSSR count). The predicted octanol–water partition coefficient (Wildman–Crippen LogP) is 3.86. The van der Waals surface area contributed by atoms with Crippen LogP contribution in [0.4, 0.5) is 4.79 Å². The average Bonchev–Trinajstić information content (AvgIpc) is 2.69. The van der Waals surface area contributed by atoms with Gasteiger partial charge in [0, 0.05) is 0 Å². The van der Waals surface area contributed by atoms with Gasteiger partial charge in [0.15, 0.2) is 0 Å². The van der Waals surface area contributed by atoms with Crippen LogP contribution in [0.15, 0.2) is 53.7 Å². The maximum Gasteiger partial charge on any atom is 0.338 e. The van der Waals surface area contributed by atoms with Crippen molar-refractivity contribution < 1.29 is 19.1 Å². The van der Waals surface area contributed by atoms with Crippen LogP contribution < -0.4 is 15.4 Å². The molecule has 0 radical (unpaired) electrons. The molecule has 2 N–H and O–H groups in total. The van der Waals surface area contributed by atoms with Gasteiger partial charge in [-0.05, 0) is 51.0 Å². The van der Waals surface area contributed by atoms with E-state index in [2.05, 4.69) is 10.6 Å². The number of nitrogens with one attached hydrogen (secondary N) is 2. The minimum Gasteiger partial charge on any atom is -0.487 e. The van der Waals surface area contributed by atoms with Crippen molar-refractivity contribution in [3.05, 3.63) is 76.0 Å². The maximum atomic E-state index is 12.8. The zero-order valence-corrected chi connectivity index (χ0v) is 17.2. The van der Waals surface area contributed by atoms with Crippen LogP contribution >= 0.6 is 0 Å². The summed E-state index contributed by atoms with van der Waals surface area (Å²) in [6.07, 6.45) is 0. The third-order valence-corrected chi connectivity index (χ3v) is 4.80. The first-order valence-corrected chi connectivity index (χ1v) is 9.63. The minimum absolute atomic E-state index is 0.0476. The van der Waals surface area contributed by atoms with Gasteiger partial charge in [-0.3, -0.25) is 0 Å². The largest absolute Gasteiger partial charge is 0.487 e. The molecular weight excluding hydrogens is 368 g/mol. The average molecular weight is 394 g/mol. The highest BCUT2D eigenvalue weighted by Gasteiger charge is 2.34. The van der Waals surface area contributed by atoms with Crippen LogP contribution in [0.2, 0.25) is 0 Å². The van der Waals surface area contributed by atoms with Crippen LogP contribution in [-0.4, -0.2) is 25.2 Å². The molecule has 0 unspecified atom stereocenters. The van der Waals surface area contributed by atoms with Crippen molar-refractivity contribution in [1.82, 2.24) is 10.6 Å². The number of hydrogen-bond donors (Lipinski definition) is 2. The summed E-state index contributed by atoms with van der Waals surface area (Å²) in [7, 11) is 0. The maximum absolute atomic E-state index is 12.8. The standard InChI is InChI=1S/C23H26N2O4/c1-5-28-22(26)20-19(13-29-17-10-7-14(2)8-11-17)24-23(27)25-21(20)18-12-15(3)6-9-16(18)4/h6-12,21H,5,13H2,1-4H3,(H2,24,25,27)/t21-/m0/s1. The van der Waals surface area contributed by atoms with Crippen molar-refractivity contribution in [1.29, 1.82) is 0 Å². The molecule has 2 amide bonds. The minimum atomic E-state index is -0.612. The zero-order chi connectivity index (χ0) is 21.0. The Balaban J connectivity index is 2.00. The molecule has 0 fully saturated rings. The van der Waals surface area contributed by atoms with Crippen LogP contribution in [0.3, 0.4) is 0 Å². The predicted molar refractivity (Wildman–Crippen MR) is 111 cm³/mol. The molecule has 0 saturated carbocycles. The molecule has 6 heteroatoms. The third-order valence-electron chi connectivity index (χ3n) is 4.80. The topological polar surface area (TPSA) is 76.7 Å². The molecule has 6 nitrogen and oxygen atoms in total. The van der Waals surface area contributed by atoms with Crippen LogP contribution in [0.25, 0.3) is 0 Å². The number of carbonyl (C=O) groups is 2. The van der Waals surface area contributed by atoms with E-state index in [-0.39, 0.29) is 19.2 Å². The summed E-state index contributed by atoms with van der Waals surface area (Å²) in [6.45, 7) is 7.96. The summed E-state index contributed by atoms with van der Waals surface area (Å²) in [5.41, 5.74) is 4.75. The Morgan fingerprint density at radius 1 is 1.03 bits per heavy atom. The Morgan fingerprint density at radius 2 is 1.72 bits per heavy atom. The number of rotatable bonds is 6. The molecule has 0 aromatic heterocycles. The second kappa shape index (κ2) is 8.82. The third kappa shape index (κ3) is 4.77. The molecule has 0 bridgehead atoms. The fourth-order valence-electron chi connectivity index (χ4n) is 3.28. The molecule has 152 valence electrons. The number of benzene rings is 2. The molecule has 29 heavy (non-hydrogen) atoms. The molecule has 1 atom stereocenters. The fourth-order valence-corrected chi connectivity index (χ4v) is 3.28. The highest BCUT2D eigenvalue weighted by atomic mass is 16.5. The number of aryl methyl sites for hydroxylation is 3. The Hall–Kier alpha value is -3.28. The fraction of sp³-hybridized carbons (Fsp3) is 0.304. The van der Waals surface area contributed by atoms with Crippen LogP contribution in [0, 0.1) is 20.8 Å². The quantitative estimate of drug-likeness (QED) is 0.730. The van der Waals surface area contributed by atoms with E-state index in [4.69, 9.17) is 9.47 Å². The number of esters is 1. The summed E-state index contributed by atoms with van der Waals surface area (Å²) in [6, 6.07) is 12.5. The lowest BCUT2D eigenvalue weighted by molar-refractivity contribution is -0.139. The van der Waals surface area contributed by atoms with E-state index in [0.717, 1.165) is 22.3 Å². The Bertz CT molecular complexity index is 948. The highest BCUT2D eigenvalue weighted by Crippen LogP contribution is 2.31. The van der Waals surface area contributed by atoms with Crippen LogP contribution in [0.5, 0.6) is 5.75 Å². The van der Waals surface area contributed by atoms with Gasteiger partial charge in [0.1, 0.15) is 12.4 Å². The summed E-state index contributed by atoms with van der Waals surface area (Å²) in [5.74, 6) is 0.177. The first-order valence-electron chi connectivity index (χ1n) is 9.63. The second-order valence-corrected chi connectivity index (χ2v) is 7.11. The molecule has 2 aromatic rings. The molecule has 1 heterocycles. The van der Waals surface area contributed by atoms with Gasteiger partial charge in [0.2, 0.25) is 0 Å². The summed E-state index contributed by atoms with van der Waals surface area (Å²) in [5, 5.41) is 5.59. The van der Waals surface area contributed by atoms with E-state index in [1.54, 1.807) is 6.92 Å². The number of ether oxygens (including phenoxy) is 2. The van der Waals surface area contributed by atoms with Gasteiger partial charge in [-0.25, -0.2) is 9.59 Å². The summed E-state index contributed by atoms with van der Waals surface area (Å²) < 4.78 is 11.1. The highest BCUT2D eigenvalue weighted by molar-refractivity contribution is 5.95. The van der Waals surface area contributed by atoms with Gasteiger partial charge >= 0.3 is 12.0 Å². The molecule has 1 aliphatic rings. The van der Waals surface area contributed by atoms with Gasteiger partial charge in [-0.1, -0.05) is 41.5 Å². The lowest BCUT2D eigenvalue weighted by atomic mass is 9.91. The second-order valence-electron chi connectivity index (χ2n) is 7.11. The van der Waals surface area contributed by atoms with Crippen molar-refractivity contribution in [2.45, 2.75) is 33.7 Å². The van der Waals surface area contributed by atoms with Crippen molar-refractivity contribution in [3.8, 4) is 5.75 Å². The lowest BCUT2D eigenvalue weighted by Crippen LogP contribution is -2.47. The molecule has 0 spiro atoms. The zero-order valence-electron chi connectivity index (χ0n) is 17.2. The van der Waals surface area contributed by atoms with Crippen molar-refractivity contribution in [2.24, 2.45) is 0 Å². The Morgan fingerprint density at radius 3 is 2.41 bits per heavy atom. The van der Waals surface area contributed by atoms with Gasteiger partial charge < -0.3 is 20.1 Å². The summed E-state index contributed by atoms with van der Waals surface area (Å²) >= 11 is 0. The van der Waals surface area contributed by atoms with E-state index in [9.17, 15) is 9.59 Å². The normalized spacial score (nSPS) is 16.1. The number of amides is 2. The van der Waals surface area contributed by atoms with Crippen molar-refractivity contribution in [3.63, 3.8) is 0 Å². The van der Waals surface area contributed by atoms with Crippen LogP contribution in [0.1, 0.15) is 35.2 Å². The van der Waals surface area contributed by atoms with Gasteiger partial charge in [-0.2, -0.15) is 0 Å². The smallest absolute Gasteiger partial charge is 0.338 e. The molecule has 2 aromatic carbocycles. The molecular formula is C23H26N2O4. The van der Waals surface area contributed by atoms with Gasteiger partial charge in [-0.15, -0.1) is 0 Å². The number of urea groups is 1. The number of hydrogen-bond acceptors (Lipinski definition) is 4. The molecule has 0 saturated heterocycles. The first kappa shape index (κ1) is 20.5. The van der Waals surface area contributed by atoms with Crippen molar-refractivity contribution in [2.75, 3.05) is 13.2 Å². The molecule has 1 aliphatic heterocycles. The lowest BCUT2D eigenvalue weighted by Gasteiger charge is -2.30. The van der Waals surface area contributed by atoms with E-state index in [1.807, 2.05) is 63.2 Å².